The maximum Gasteiger partial charge on any atom is 0.418 e. The van der Waals surface area contributed by atoms with Crippen molar-refractivity contribution in [3.05, 3.63) is 54.0 Å². The molecular formula is C20H20F3N5O2. The van der Waals surface area contributed by atoms with E-state index in [4.69, 9.17) is 4.74 Å². The molecule has 30 heavy (non-hydrogen) atoms. The lowest BCUT2D eigenvalue weighted by Gasteiger charge is -2.29. The number of nitrogens with zero attached hydrogens (tertiary/aromatic N) is 3. The molecule has 2 aromatic heterocycles. The lowest BCUT2D eigenvalue weighted by molar-refractivity contribution is -0.138. The summed E-state index contributed by atoms with van der Waals surface area (Å²) in [6.07, 6.45) is -0.204. The zero-order valence-corrected chi connectivity index (χ0v) is 16.1. The molecule has 1 aliphatic rings. The molecule has 4 rings (SSSR count). The summed E-state index contributed by atoms with van der Waals surface area (Å²) in [5, 5.41) is 11.0. The molecule has 3 heterocycles. The molecule has 1 aliphatic heterocycles. The molecule has 1 aromatic carbocycles. The van der Waals surface area contributed by atoms with Gasteiger partial charge in [0.2, 0.25) is 0 Å². The van der Waals surface area contributed by atoms with Crippen molar-refractivity contribution in [3.63, 3.8) is 0 Å². The van der Waals surface area contributed by atoms with Gasteiger partial charge in [0.25, 0.3) is 5.91 Å². The number of amides is 1. The van der Waals surface area contributed by atoms with Crippen molar-refractivity contribution >= 4 is 22.5 Å². The number of ether oxygens (including phenoxy) is 1. The van der Waals surface area contributed by atoms with Crippen LogP contribution in [0.3, 0.4) is 0 Å². The Bertz CT molecular complexity index is 1070. The summed E-state index contributed by atoms with van der Waals surface area (Å²) >= 11 is 0. The Hall–Kier alpha value is -2.98. The predicted octanol–water partition coefficient (Wildman–Crippen LogP) is 3.60. The van der Waals surface area contributed by atoms with Gasteiger partial charge < -0.3 is 10.1 Å². The Balaban J connectivity index is 1.56. The first-order valence-electron chi connectivity index (χ1n) is 9.44. The van der Waals surface area contributed by atoms with Crippen LogP contribution in [0, 0.1) is 0 Å². The second-order valence-corrected chi connectivity index (χ2v) is 7.07. The second-order valence-electron chi connectivity index (χ2n) is 7.07. The van der Waals surface area contributed by atoms with Crippen molar-refractivity contribution in [3.8, 4) is 0 Å². The minimum atomic E-state index is -4.67. The first-order chi connectivity index (χ1) is 14.4. The molecule has 2 N–H and O–H groups in total. The van der Waals surface area contributed by atoms with Gasteiger partial charge in [0.15, 0.2) is 0 Å². The molecule has 2 atom stereocenters. The van der Waals surface area contributed by atoms with E-state index in [-0.39, 0.29) is 12.3 Å². The second kappa shape index (κ2) is 8.04. The topological polar surface area (TPSA) is 81.1 Å². The number of halogens is 3. The third-order valence-electron chi connectivity index (χ3n) is 5.15. The van der Waals surface area contributed by atoms with Crippen LogP contribution in [0.15, 0.2) is 42.7 Å². The average molecular weight is 419 g/mol. The maximum absolute atomic E-state index is 13.1. The number of hydrogen-bond acceptors (Lipinski definition) is 5. The Morgan fingerprint density at radius 1 is 1.33 bits per heavy atom. The highest BCUT2D eigenvalue weighted by Gasteiger charge is 2.36. The van der Waals surface area contributed by atoms with Crippen LogP contribution in [-0.2, 0) is 10.9 Å². The molecule has 1 amide bonds. The summed E-state index contributed by atoms with van der Waals surface area (Å²) in [5.41, 5.74) is -0.495. The number of nitrogens with one attached hydrogen (secondary N) is 2. The third-order valence-corrected chi connectivity index (χ3v) is 5.15. The van der Waals surface area contributed by atoms with E-state index in [1.807, 2.05) is 4.68 Å². The van der Waals surface area contributed by atoms with Gasteiger partial charge in [-0.25, -0.2) is 0 Å². The van der Waals surface area contributed by atoms with Crippen LogP contribution in [-0.4, -0.2) is 40.6 Å². The van der Waals surface area contributed by atoms with Crippen LogP contribution in [0.25, 0.3) is 10.9 Å². The molecule has 7 nitrogen and oxygen atoms in total. The predicted molar refractivity (Wildman–Crippen MR) is 104 cm³/mol. The fourth-order valence-corrected chi connectivity index (χ4v) is 3.69. The van der Waals surface area contributed by atoms with E-state index < -0.39 is 23.3 Å². The van der Waals surface area contributed by atoms with Crippen molar-refractivity contribution < 1.29 is 22.7 Å². The van der Waals surface area contributed by atoms with E-state index in [1.54, 1.807) is 31.5 Å². The van der Waals surface area contributed by atoms with Crippen molar-refractivity contribution in [2.75, 3.05) is 19.0 Å². The Kier molecular flexibility index (Phi) is 5.44. The number of benzene rings is 1. The Morgan fingerprint density at radius 3 is 2.93 bits per heavy atom. The van der Waals surface area contributed by atoms with Crippen molar-refractivity contribution in [2.45, 2.75) is 31.3 Å². The largest absolute Gasteiger partial charge is 0.418 e. The third kappa shape index (κ3) is 4.01. The minimum absolute atomic E-state index is 0.0391. The summed E-state index contributed by atoms with van der Waals surface area (Å²) in [6.45, 7) is 0.810. The van der Waals surface area contributed by atoms with Crippen LogP contribution in [0.4, 0.5) is 18.9 Å². The van der Waals surface area contributed by atoms with E-state index in [1.165, 1.54) is 0 Å². The number of piperidine rings is 1. The smallest absolute Gasteiger partial charge is 0.367 e. The van der Waals surface area contributed by atoms with E-state index in [9.17, 15) is 18.0 Å². The molecule has 2 unspecified atom stereocenters. The number of carbonyl (C=O) groups excluding carboxylic acids is 1. The van der Waals surface area contributed by atoms with Gasteiger partial charge in [0.1, 0.15) is 11.9 Å². The van der Waals surface area contributed by atoms with Crippen molar-refractivity contribution in [1.29, 1.82) is 0 Å². The Labute approximate surface area is 170 Å². The molecule has 0 aliphatic carbocycles. The molecule has 0 bridgehead atoms. The van der Waals surface area contributed by atoms with Gasteiger partial charge in [-0.1, -0.05) is 0 Å². The quantitative estimate of drug-likeness (QED) is 0.676. The van der Waals surface area contributed by atoms with Gasteiger partial charge in [-0.15, -0.1) is 0 Å². The van der Waals surface area contributed by atoms with Crippen LogP contribution >= 0.6 is 0 Å². The van der Waals surface area contributed by atoms with Crippen LogP contribution in [0.5, 0.6) is 0 Å². The van der Waals surface area contributed by atoms with Crippen molar-refractivity contribution in [2.24, 2.45) is 0 Å². The van der Waals surface area contributed by atoms with Crippen LogP contribution in [0.2, 0.25) is 0 Å². The Morgan fingerprint density at radius 2 is 2.17 bits per heavy atom. The monoisotopic (exact) mass is 419 g/mol. The number of methoxy groups -OCH3 is 1. The highest BCUT2D eigenvalue weighted by Crippen LogP contribution is 2.32. The first-order valence-corrected chi connectivity index (χ1v) is 9.44. The first kappa shape index (κ1) is 20.3. The maximum atomic E-state index is 13.1. The van der Waals surface area contributed by atoms with E-state index in [0.717, 1.165) is 48.6 Å². The summed E-state index contributed by atoms with van der Waals surface area (Å²) < 4.78 is 46.7. The number of fused-ring (bicyclic) bond motifs is 1. The van der Waals surface area contributed by atoms with Crippen LogP contribution < -0.4 is 10.6 Å². The molecule has 1 saturated heterocycles. The minimum Gasteiger partial charge on any atom is -0.367 e. The van der Waals surface area contributed by atoms with Gasteiger partial charge in [-0.3, -0.25) is 19.8 Å². The summed E-state index contributed by atoms with van der Waals surface area (Å²) in [6, 6.07) is 7.27. The van der Waals surface area contributed by atoms with Gasteiger partial charge in [-0.05, 0) is 43.3 Å². The number of rotatable bonds is 4. The summed E-state index contributed by atoms with van der Waals surface area (Å²) in [4.78, 5) is 16.0. The highest BCUT2D eigenvalue weighted by molar-refractivity contribution is 6.04. The molecule has 158 valence electrons. The number of aromatic nitrogens is 3. The lowest BCUT2D eigenvalue weighted by Crippen LogP contribution is -2.40. The number of pyridine rings is 1. The highest BCUT2D eigenvalue weighted by atomic mass is 19.4. The zero-order valence-electron chi connectivity index (χ0n) is 16.1. The average Bonchev–Trinajstić information content (AvgIpc) is 3.16. The van der Waals surface area contributed by atoms with E-state index >= 15 is 0 Å². The van der Waals surface area contributed by atoms with Gasteiger partial charge in [0, 0.05) is 30.8 Å². The van der Waals surface area contributed by atoms with Gasteiger partial charge in [0.05, 0.1) is 23.3 Å². The zero-order chi connectivity index (χ0) is 21.3. The molecule has 0 radical (unpaired) electrons. The summed E-state index contributed by atoms with van der Waals surface area (Å²) in [7, 11) is 1.65. The fraction of sp³-hybridized carbons (Fsp3) is 0.350. The molecule has 3 aromatic rings. The molecule has 0 spiro atoms. The normalized spacial score (nSPS) is 19.7. The number of carbonyl (C=O) groups is 1. The fourth-order valence-electron chi connectivity index (χ4n) is 3.69. The standard InChI is InChI=1S/C20H20F3N5O2/c1-30-17-10-14(6-8-24-17)28-16-5-4-13(9-12(16)11-26-28)27-19(29)18-15(20(21,22)23)3-2-7-25-18/h2-5,7,9,11,14,17,24H,6,8,10H2,1H3,(H,27,29). The molecule has 10 heteroatoms. The van der Waals surface area contributed by atoms with Crippen molar-refractivity contribution in [1.82, 2.24) is 20.1 Å². The molecule has 0 saturated carbocycles. The van der Waals surface area contributed by atoms with E-state index in [0.29, 0.717) is 5.69 Å². The van der Waals surface area contributed by atoms with Gasteiger partial charge >= 0.3 is 6.18 Å². The van der Waals surface area contributed by atoms with Gasteiger partial charge in [-0.2, -0.15) is 18.3 Å². The van der Waals surface area contributed by atoms with Crippen LogP contribution in [0.1, 0.15) is 34.9 Å². The van der Waals surface area contributed by atoms with E-state index in [2.05, 4.69) is 20.7 Å². The summed E-state index contributed by atoms with van der Waals surface area (Å²) in [5.74, 6) is -0.920. The lowest BCUT2D eigenvalue weighted by atomic mass is 10.1. The number of alkyl halides is 3. The SMILES string of the molecule is COC1CC(n2ncc3cc(NC(=O)c4ncccc4C(F)(F)F)ccc32)CCN1. The number of anilines is 1. The molecule has 1 fully saturated rings. The molecular weight excluding hydrogens is 399 g/mol. The number of hydrogen-bond donors (Lipinski definition) is 2.